The third-order valence-corrected chi connectivity index (χ3v) is 4.08. The van der Waals surface area contributed by atoms with E-state index in [0.717, 1.165) is 29.5 Å². The summed E-state index contributed by atoms with van der Waals surface area (Å²) in [5.41, 5.74) is 2.81. The Kier molecular flexibility index (Phi) is 2.90. The number of hydrogen-bond acceptors (Lipinski definition) is 1. The van der Waals surface area contributed by atoms with Gasteiger partial charge in [-0.15, -0.1) is 0 Å². The quantitative estimate of drug-likeness (QED) is 0.824. The molecule has 3 rings (SSSR count). The van der Waals surface area contributed by atoms with Crippen molar-refractivity contribution < 1.29 is 9.50 Å². The number of benzene rings is 2. The highest BCUT2D eigenvalue weighted by molar-refractivity contribution is 5.45. The van der Waals surface area contributed by atoms with E-state index in [0.29, 0.717) is 6.42 Å². The molecular weight excluding hydrogens is 239 g/mol. The molecule has 0 heterocycles. The lowest BCUT2D eigenvalue weighted by Crippen LogP contribution is -2.32. The minimum absolute atomic E-state index is 0.256. The maximum absolute atomic E-state index is 13.3. The molecule has 0 saturated carbocycles. The number of fused-ring (bicyclic) bond motifs is 1. The summed E-state index contributed by atoms with van der Waals surface area (Å²) >= 11 is 0. The van der Waals surface area contributed by atoms with Crippen molar-refractivity contribution >= 4 is 0 Å². The van der Waals surface area contributed by atoms with Crippen LogP contribution in [0.4, 0.5) is 4.39 Å². The van der Waals surface area contributed by atoms with E-state index in [1.807, 2.05) is 25.1 Å². The summed E-state index contributed by atoms with van der Waals surface area (Å²) in [5.74, 6) is -0.256. The van der Waals surface area contributed by atoms with Crippen LogP contribution < -0.4 is 0 Å². The molecule has 2 heteroatoms. The van der Waals surface area contributed by atoms with Crippen LogP contribution in [0.5, 0.6) is 0 Å². The lowest BCUT2D eigenvalue weighted by molar-refractivity contribution is 0.0609. The topological polar surface area (TPSA) is 20.2 Å². The molecule has 0 amide bonds. The normalized spacial score (nSPS) is 22.1. The largest absolute Gasteiger partial charge is 0.380 e. The van der Waals surface area contributed by atoms with Crippen LogP contribution in [0, 0.1) is 12.7 Å². The van der Waals surface area contributed by atoms with Crippen LogP contribution in [0.1, 0.15) is 35.1 Å². The molecule has 2 aromatic rings. The van der Waals surface area contributed by atoms with Gasteiger partial charge in [-0.3, -0.25) is 0 Å². The van der Waals surface area contributed by atoms with E-state index in [1.54, 1.807) is 6.07 Å². The van der Waals surface area contributed by atoms with Crippen LogP contribution in [0.3, 0.4) is 0 Å². The molecule has 0 aliphatic heterocycles. The van der Waals surface area contributed by atoms with Crippen molar-refractivity contribution in [2.75, 3.05) is 0 Å². The minimum atomic E-state index is -0.980. The Morgan fingerprint density at radius 1 is 1.11 bits per heavy atom. The average Bonchev–Trinajstić information content (AvgIpc) is 2.39. The van der Waals surface area contributed by atoms with Gasteiger partial charge in [-0.05, 0) is 60.6 Å². The number of halogens is 1. The van der Waals surface area contributed by atoms with Crippen LogP contribution in [-0.2, 0) is 12.0 Å². The second-order valence-corrected chi connectivity index (χ2v) is 5.33. The maximum Gasteiger partial charge on any atom is 0.123 e. The van der Waals surface area contributed by atoms with Gasteiger partial charge < -0.3 is 5.11 Å². The van der Waals surface area contributed by atoms with Crippen LogP contribution >= 0.6 is 0 Å². The van der Waals surface area contributed by atoms with Crippen molar-refractivity contribution in [3.63, 3.8) is 0 Å². The Morgan fingerprint density at radius 2 is 1.89 bits per heavy atom. The first kappa shape index (κ1) is 12.4. The third kappa shape index (κ3) is 1.96. The summed E-state index contributed by atoms with van der Waals surface area (Å²) in [6.45, 7) is 1.85. The van der Waals surface area contributed by atoms with Crippen molar-refractivity contribution in [1.29, 1.82) is 0 Å². The number of hydrogen-bond donors (Lipinski definition) is 1. The summed E-state index contributed by atoms with van der Waals surface area (Å²) in [5, 5.41) is 11.1. The SMILES string of the molecule is Cc1cc(F)ccc1C1(O)CCCc2ccccc21. The summed E-state index contributed by atoms with van der Waals surface area (Å²) < 4.78 is 13.3. The molecule has 0 saturated heterocycles. The van der Waals surface area contributed by atoms with Crippen molar-refractivity contribution in [2.24, 2.45) is 0 Å². The number of rotatable bonds is 1. The molecule has 0 spiro atoms. The Bertz CT molecular complexity index is 620. The molecule has 98 valence electrons. The Balaban J connectivity index is 2.19. The molecule has 1 unspecified atom stereocenters. The van der Waals surface area contributed by atoms with Crippen LogP contribution in [-0.4, -0.2) is 5.11 Å². The van der Waals surface area contributed by atoms with E-state index in [4.69, 9.17) is 0 Å². The molecule has 1 atom stereocenters. The zero-order valence-electron chi connectivity index (χ0n) is 11.0. The van der Waals surface area contributed by atoms with Gasteiger partial charge in [-0.2, -0.15) is 0 Å². The van der Waals surface area contributed by atoms with Gasteiger partial charge in [0.2, 0.25) is 0 Å². The highest BCUT2D eigenvalue weighted by Gasteiger charge is 2.36. The van der Waals surface area contributed by atoms with E-state index < -0.39 is 5.60 Å². The van der Waals surface area contributed by atoms with E-state index in [9.17, 15) is 9.50 Å². The van der Waals surface area contributed by atoms with Gasteiger partial charge in [0.25, 0.3) is 0 Å². The van der Waals surface area contributed by atoms with Crippen molar-refractivity contribution in [1.82, 2.24) is 0 Å². The van der Waals surface area contributed by atoms with Crippen molar-refractivity contribution in [2.45, 2.75) is 31.8 Å². The summed E-state index contributed by atoms with van der Waals surface area (Å²) in [6.07, 6.45) is 2.64. The number of aryl methyl sites for hydroxylation is 2. The standard InChI is InChI=1S/C17H17FO/c1-12-11-14(18)8-9-15(12)17(19)10-4-6-13-5-2-3-7-16(13)17/h2-3,5,7-9,11,19H,4,6,10H2,1H3. The minimum Gasteiger partial charge on any atom is -0.380 e. The van der Waals surface area contributed by atoms with Gasteiger partial charge in [-0.1, -0.05) is 30.3 Å². The molecule has 0 radical (unpaired) electrons. The fraction of sp³-hybridized carbons (Fsp3) is 0.294. The first-order valence-electron chi connectivity index (χ1n) is 6.69. The Hall–Kier alpha value is -1.67. The molecule has 1 N–H and O–H groups in total. The summed E-state index contributed by atoms with van der Waals surface area (Å²) in [7, 11) is 0. The van der Waals surface area contributed by atoms with Gasteiger partial charge in [0.15, 0.2) is 0 Å². The fourth-order valence-corrected chi connectivity index (χ4v) is 3.18. The van der Waals surface area contributed by atoms with E-state index in [2.05, 4.69) is 6.07 Å². The summed E-state index contributed by atoms with van der Waals surface area (Å²) in [4.78, 5) is 0. The summed E-state index contributed by atoms with van der Waals surface area (Å²) in [6, 6.07) is 12.6. The predicted octanol–water partition coefficient (Wildman–Crippen LogP) is 3.71. The Labute approximate surface area is 112 Å². The van der Waals surface area contributed by atoms with Crippen LogP contribution in [0.25, 0.3) is 0 Å². The molecule has 0 bridgehead atoms. The Morgan fingerprint density at radius 3 is 2.68 bits per heavy atom. The second-order valence-electron chi connectivity index (χ2n) is 5.33. The zero-order valence-corrected chi connectivity index (χ0v) is 11.0. The molecule has 1 nitrogen and oxygen atoms in total. The monoisotopic (exact) mass is 256 g/mol. The van der Waals surface area contributed by atoms with E-state index in [1.165, 1.54) is 17.7 Å². The van der Waals surface area contributed by atoms with Gasteiger partial charge in [0, 0.05) is 0 Å². The van der Waals surface area contributed by atoms with Crippen LogP contribution in [0.15, 0.2) is 42.5 Å². The highest BCUT2D eigenvalue weighted by atomic mass is 19.1. The first-order chi connectivity index (χ1) is 9.11. The van der Waals surface area contributed by atoms with Crippen molar-refractivity contribution in [3.05, 3.63) is 70.5 Å². The molecule has 19 heavy (non-hydrogen) atoms. The average molecular weight is 256 g/mol. The molecule has 0 fully saturated rings. The zero-order chi connectivity index (χ0) is 13.5. The van der Waals surface area contributed by atoms with Gasteiger partial charge >= 0.3 is 0 Å². The lowest BCUT2D eigenvalue weighted by Gasteiger charge is -2.36. The molecule has 1 aliphatic carbocycles. The molecule has 0 aromatic heterocycles. The van der Waals surface area contributed by atoms with Gasteiger partial charge in [0.05, 0.1) is 0 Å². The van der Waals surface area contributed by atoms with Crippen molar-refractivity contribution in [3.8, 4) is 0 Å². The fourth-order valence-electron chi connectivity index (χ4n) is 3.18. The van der Waals surface area contributed by atoms with Crippen LogP contribution in [0.2, 0.25) is 0 Å². The smallest absolute Gasteiger partial charge is 0.123 e. The first-order valence-corrected chi connectivity index (χ1v) is 6.69. The highest BCUT2D eigenvalue weighted by Crippen LogP contribution is 2.41. The lowest BCUT2D eigenvalue weighted by atomic mass is 9.74. The third-order valence-electron chi connectivity index (χ3n) is 4.08. The second kappa shape index (κ2) is 4.46. The molecule has 1 aliphatic rings. The molecular formula is C17H17FO. The van der Waals surface area contributed by atoms with E-state index in [-0.39, 0.29) is 5.82 Å². The predicted molar refractivity (Wildman–Crippen MR) is 73.5 cm³/mol. The maximum atomic E-state index is 13.3. The number of aliphatic hydroxyl groups is 1. The van der Waals surface area contributed by atoms with E-state index >= 15 is 0 Å². The molecule has 2 aromatic carbocycles. The van der Waals surface area contributed by atoms with Gasteiger partial charge in [0.1, 0.15) is 11.4 Å². The van der Waals surface area contributed by atoms with Gasteiger partial charge in [-0.25, -0.2) is 4.39 Å².